The Bertz CT molecular complexity index is 1310. The van der Waals surface area contributed by atoms with Crippen LogP contribution in [0.25, 0.3) is 5.69 Å². The van der Waals surface area contributed by atoms with Crippen LogP contribution in [0.2, 0.25) is 0 Å². The van der Waals surface area contributed by atoms with E-state index in [2.05, 4.69) is 15.2 Å². The van der Waals surface area contributed by atoms with Crippen LogP contribution in [0.1, 0.15) is 0 Å². The summed E-state index contributed by atoms with van der Waals surface area (Å²) in [6.07, 6.45) is 0. The van der Waals surface area contributed by atoms with Crippen molar-refractivity contribution in [1.82, 2.24) is 9.55 Å². The molecule has 0 fully saturated rings. The van der Waals surface area contributed by atoms with E-state index in [1.165, 1.54) is 23.8 Å². The van der Waals surface area contributed by atoms with Crippen molar-refractivity contribution >= 4 is 33.7 Å². The van der Waals surface area contributed by atoms with E-state index in [1.807, 2.05) is 0 Å². The highest BCUT2D eigenvalue weighted by molar-refractivity contribution is 7.85. The number of nitrogens with zero attached hydrogens (tertiary/aromatic N) is 3. The van der Waals surface area contributed by atoms with E-state index in [0.717, 1.165) is 12.1 Å². The van der Waals surface area contributed by atoms with Gasteiger partial charge >= 0.3 is 0 Å². The Balaban J connectivity index is 2.08. The SMILES string of the molecule is COc1ccccc1-n1c(O)c(N=Nc2ccc(S(=O)(=O)O)cc2)c(=O)[nH]c1=S. The molecule has 1 heterocycles. The average Bonchev–Trinajstić information content (AvgIpc) is 2.67. The van der Waals surface area contributed by atoms with E-state index < -0.39 is 27.2 Å². The van der Waals surface area contributed by atoms with Crippen LogP contribution < -0.4 is 10.3 Å². The van der Waals surface area contributed by atoms with Crippen LogP contribution >= 0.6 is 12.2 Å². The second-order valence-corrected chi connectivity index (χ2v) is 7.42. The molecule has 1 aromatic heterocycles. The first kappa shape index (κ1) is 20.4. The van der Waals surface area contributed by atoms with E-state index in [1.54, 1.807) is 24.3 Å². The Hall–Kier alpha value is -3.35. The molecule has 0 aliphatic heterocycles. The Labute approximate surface area is 169 Å². The molecule has 0 amide bonds. The molecule has 0 bridgehead atoms. The maximum atomic E-state index is 12.2. The second-order valence-electron chi connectivity index (χ2n) is 5.61. The summed E-state index contributed by atoms with van der Waals surface area (Å²) in [5, 5.41) is 18.2. The molecule has 0 aliphatic carbocycles. The number of methoxy groups -OCH3 is 1. The second kappa shape index (κ2) is 7.95. The lowest BCUT2D eigenvalue weighted by Crippen LogP contribution is -2.13. The van der Waals surface area contributed by atoms with E-state index in [4.69, 9.17) is 21.5 Å². The Morgan fingerprint density at radius 2 is 1.76 bits per heavy atom. The largest absolute Gasteiger partial charge is 0.495 e. The molecule has 0 radical (unpaired) electrons. The van der Waals surface area contributed by atoms with Crippen molar-refractivity contribution < 1.29 is 22.8 Å². The third-order valence-electron chi connectivity index (χ3n) is 3.79. The molecule has 12 heteroatoms. The van der Waals surface area contributed by atoms with Gasteiger partial charge < -0.3 is 9.84 Å². The Morgan fingerprint density at radius 1 is 1.10 bits per heavy atom. The molecule has 0 atom stereocenters. The molecular formula is C17H14N4O6S2. The molecule has 0 saturated heterocycles. The van der Waals surface area contributed by atoms with Crippen LogP contribution in [0.4, 0.5) is 11.4 Å². The lowest BCUT2D eigenvalue weighted by atomic mass is 10.3. The first-order valence-electron chi connectivity index (χ1n) is 7.93. The number of aromatic amines is 1. The number of hydrogen-bond acceptors (Lipinski definition) is 8. The van der Waals surface area contributed by atoms with Gasteiger partial charge in [-0.15, -0.1) is 5.11 Å². The van der Waals surface area contributed by atoms with Crippen molar-refractivity contribution in [2.24, 2.45) is 10.2 Å². The van der Waals surface area contributed by atoms with Gasteiger partial charge in [0.25, 0.3) is 15.7 Å². The molecule has 3 aromatic rings. The fourth-order valence-electron chi connectivity index (χ4n) is 2.44. The fourth-order valence-corrected chi connectivity index (χ4v) is 3.19. The van der Waals surface area contributed by atoms with Gasteiger partial charge in [0.1, 0.15) is 5.75 Å². The van der Waals surface area contributed by atoms with Crippen LogP contribution in [-0.4, -0.2) is 34.7 Å². The molecule has 0 unspecified atom stereocenters. The van der Waals surface area contributed by atoms with Gasteiger partial charge in [-0.25, -0.2) is 0 Å². The summed E-state index contributed by atoms with van der Waals surface area (Å²) in [6, 6.07) is 11.5. The van der Waals surface area contributed by atoms with E-state index in [-0.39, 0.29) is 15.4 Å². The van der Waals surface area contributed by atoms with E-state index in [9.17, 15) is 18.3 Å². The number of benzene rings is 2. The normalized spacial score (nSPS) is 11.7. The maximum absolute atomic E-state index is 12.2. The minimum atomic E-state index is -4.34. The van der Waals surface area contributed by atoms with Crippen molar-refractivity contribution in [3.63, 3.8) is 0 Å². The minimum absolute atomic E-state index is 0.0755. The molecule has 0 saturated carbocycles. The maximum Gasteiger partial charge on any atom is 0.294 e. The van der Waals surface area contributed by atoms with Gasteiger partial charge in [-0.2, -0.15) is 13.5 Å². The predicted molar refractivity (Wildman–Crippen MR) is 106 cm³/mol. The third kappa shape index (κ3) is 4.23. The van der Waals surface area contributed by atoms with Crippen molar-refractivity contribution in [2.45, 2.75) is 4.90 Å². The Kier molecular flexibility index (Phi) is 5.59. The highest BCUT2D eigenvalue weighted by atomic mass is 32.2. The summed E-state index contributed by atoms with van der Waals surface area (Å²) < 4.78 is 37.5. The van der Waals surface area contributed by atoms with E-state index in [0.29, 0.717) is 11.4 Å². The number of rotatable bonds is 5. The lowest BCUT2D eigenvalue weighted by Gasteiger charge is -2.13. The molecule has 0 spiro atoms. The Morgan fingerprint density at radius 3 is 2.38 bits per heavy atom. The number of aromatic nitrogens is 2. The van der Waals surface area contributed by atoms with Gasteiger partial charge in [-0.1, -0.05) is 12.1 Å². The molecule has 10 nitrogen and oxygen atoms in total. The number of hydrogen-bond donors (Lipinski definition) is 3. The number of ether oxygens (including phenoxy) is 1. The predicted octanol–water partition coefficient (Wildman–Crippen LogP) is 3.27. The molecule has 0 aliphatic rings. The molecule has 150 valence electrons. The summed E-state index contributed by atoms with van der Waals surface area (Å²) in [4.78, 5) is 14.3. The summed E-state index contributed by atoms with van der Waals surface area (Å²) in [6.45, 7) is 0. The standard InChI is InChI=1S/C17H14N4O6S2/c1-27-13-5-3-2-4-12(13)21-16(23)14(15(22)18-17(21)28)20-19-10-6-8-11(9-7-10)29(24,25)26/h2-9,23H,1H3,(H,18,22,28)(H,24,25,26). The quantitative estimate of drug-likeness (QED) is 0.317. The third-order valence-corrected chi connectivity index (χ3v) is 4.94. The minimum Gasteiger partial charge on any atom is -0.495 e. The topological polar surface area (TPSA) is 146 Å². The van der Waals surface area contributed by atoms with Crippen LogP contribution in [-0.2, 0) is 10.1 Å². The number of azo groups is 1. The zero-order valence-electron chi connectivity index (χ0n) is 14.8. The molecule has 3 N–H and O–H groups in total. The van der Waals surface area contributed by atoms with Gasteiger partial charge in [0.05, 0.1) is 23.4 Å². The monoisotopic (exact) mass is 434 g/mol. The highest BCUT2D eigenvalue weighted by Gasteiger charge is 2.16. The summed E-state index contributed by atoms with van der Waals surface area (Å²) in [5.41, 5.74) is -0.620. The van der Waals surface area contributed by atoms with Crippen LogP contribution in [0.5, 0.6) is 11.6 Å². The van der Waals surface area contributed by atoms with Gasteiger partial charge in [-0.05, 0) is 48.6 Å². The molecular weight excluding hydrogens is 420 g/mol. The molecule has 29 heavy (non-hydrogen) atoms. The molecule has 2 aromatic carbocycles. The highest BCUT2D eigenvalue weighted by Crippen LogP contribution is 2.31. The van der Waals surface area contributed by atoms with Crippen LogP contribution in [0.3, 0.4) is 0 Å². The summed E-state index contributed by atoms with van der Waals surface area (Å²) in [5.74, 6) is -0.156. The van der Waals surface area contributed by atoms with Crippen molar-refractivity contribution in [1.29, 1.82) is 0 Å². The lowest BCUT2D eigenvalue weighted by molar-refractivity contribution is 0.403. The zero-order valence-corrected chi connectivity index (χ0v) is 16.4. The number of H-pyrrole nitrogens is 1. The zero-order chi connectivity index (χ0) is 21.2. The first-order chi connectivity index (χ1) is 13.7. The van der Waals surface area contributed by atoms with Crippen LogP contribution in [0, 0.1) is 4.77 Å². The number of para-hydroxylation sites is 2. The van der Waals surface area contributed by atoms with Gasteiger partial charge in [-0.3, -0.25) is 18.9 Å². The smallest absolute Gasteiger partial charge is 0.294 e. The van der Waals surface area contributed by atoms with Crippen molar-refractivity contribution in [2.75, 3.05) is 7.11 Å². The van der Waals surface area contributed by atoms with Gasteiger partial charge in [0.15, 0.2) is 4.77 Å². The van der Waals surface area contributed by atoms with Crippen LogP contribution in [0.15, 0.2) is 68.4 Å². The number of nitrogens with one attached hydrogen (secondary N) is 1. The summed E-state index contributed by atoms with van der Waals surface area (Å²) in [7, 11) is -2.90. The fraction of sp³-hybridized carbons (Fsp3) is 0.0588. The average molecular weight is 434 g/mol. The first-order valence-corrected chi connectivity index (χ1v) is 9.78. The van der Waals surface area contributed by atoms with Crippen molar-refractivity contribution in [3.05, 3.63) is 63.7 Å². The van der Waals surface area contributed by atoms with E-state index >= 15 is 0 Å². The van der Waals surface area contributed by atoms with Gasteiger partial charge in [0, 0.05) is 0 Å². The summed E-state index contributed by atoms with van der Waals surface area (Å²) >= 11 is 5.14. The van der Waals surface area contributed by atoms with Crippen molar-refractivity contribution in [3.8, 4) is 17.3 Å². The number of aromatic hydroxyl groups is 1. The molecule has 3 rings (SSSR count). The van der Waals surface area contributed by atoms with Gasteiger partial charge in [0.2, 0.25) is 11.6 Å².